The lowest BCUT2D eigenvalue weighted by Crippen LogP contribution is -2.38. The van der Waals surface area contributed by atoms with E-state index < -0.39 is 0 Å². The first-order valence-electron chi connectivity index (χ1n) is 4.44. The van der Waals surface area contributed by atoms with Crippen LogP contribution in [0.25, 0.3) is 0 Å². The monoisotopic (exact) mass is 153 g/mol. The molecule has 1 heteroatoms. The van der Waals surface area contributed by atoms with Gasteiger partial charge in [-0.3, -0.25) is 0 Å². The van der Waals surface area contributed by atoms with Crippen molar-refractivity contribution in [2.75, 3.05) is 14.1 Å². The van der Waals surface area contributed by atoms with Gasteiger partial charge >= 0.3 is 0 Å². The van der Waals surface area contributed by atoms with Gasteiger partial charge < -0.3 is 4.90 Å². The Morgan fingerprint density at radius 2 is 2.18 bits per heavy atom. The first kappa shape index (κ1) is 8.79. The van der Waals surface area contributed by atoms with Crippen molar-refractivity contribution in [2.24, 2.45) is 0 Å². The zero-order chi connectivity index (χ0) is 8.48. The van der Waals surface area contributed by atoms with Gasteiger partial charge in [0.15, 0.2) is 0 Å². The average molecular weight is 153 g/mol. The van der Waals surface area contributed by atoms with Crippen LogP contribution in [0.4, 0.5) is 0 Å². The highest BCUT2D eigenvalue weighted by atomic mass is 15.1. The number of hydrogen-bond donors (Lipinski definition) is 0. The fourth-order valence-corrected chi connectivity index (χ4v) is 1.61. The summed E-state index contributed by atoms with van der Waals surface area (Å²) in [5, 5.41) is 0. The minimum atomic E-state index is 0.408. The molecule has 0 radical (unpaired) electrons. The van der Waals surface area contributed by atoms with Gasteiger partial charge in [-0.1, -0.05) is 18.6 Å². The minimum Gasteiger partial charge on any atom is -0.303 e. The minimum absolute atomic E-state index is 0.408. The first-order chi connectivity index (χ1) is 5.08. The molecule has 0 heterocycles. The van der Waals surface area contributed by atoms with E-state index in [9.17, 15) is 0 Å². The molecule has 0 saturated heterocycles. The SMILES string of the molecule is CCC1=CCC(C)(N(C)C)C1. The molecular formula is C10H19N. The Hall–Kier alpha value is -0.300. The predicted molar refractivity (Wildman–Crippen MR) is 49.7 cm³/mol. The largest absolute Gasteiger partial charge is 0.303 e. The van der Waals surface area contributed by atoms with Crippen molar-refractivity contribution in [3.05, 3.63) is 11.6 Å². The number of nitrogens with zero attached hydrogens (tertiary/aromatic N) is 1. The summed E-state index contributed by atoms with van der Waals surface area (Å²) >= 11 is 0. The van der Waals surface area contributed by atoms with Gasteiger partial charge in [0.05, 0.1) is 0 Å². The Bertz CT molecular complexity index is 170. The quantitative estimate of drug-likeness (QED) is 0.551. The van der Waals surface area contributed by atoms with Crippen molar-refractivity contribution in [1.82, 2.24) is 4.90 Å². The van der Waals surface area contributed by atoms with Crippen LogP contribution in [-0.2, 0) is 0 Å². The molecule has 0 spiro atoms. The van der Waals surface area contributed by atoms with Crippen LogP contribution in [0.2, 0.25) is 0 Å². The Morgan fingerprint density at radius 1 is 1.55 bits per heavy atom. The maximum absolute atomic E-state index is 2.40. The molecule has 0 bridgehead atoms. The van der Waals surface area contributed by atoms with Gasteiger partial charge in [-0.15, -0.1) is 0 Å². The molecule has 0 N–H and O–H groups in total. The van der Waals surface area contributed by atoms with Crippen LogP contribution in [-0.4, -0.2) is 24.5 Å². The molecular weight excluding hydrogens is 134 g/mol. The van der Waals surface area contributed by atoms with Crippen molar-refractivity contribution in [1.29, 1.82) is 0 Å². The zero-order valence-electron chi connectivity index (χ0n) is 8.15. The highest BCUT2D eigenvalue weighted by Gasteiger charge is 2.30. The third-order valence-electron chi connectivity index (χ3n) is 2.97. The molecule has 0 aromatic carbocycles. The summed E-state index contributed by atoms with van der Waals surface area (Å²) < 4.78 is 0. The molecule has 1 aliphatic rings. The fourth-order valence-electron chi connectivity index (χ4n) is 1.61. The molecule has 0 aliphatic heterocycles. The van der Waals surface area contributed by atoms with Gasteiger partial charge in [0.2, 0.25) is 0 Å². The Kier molecular flexibility index (Phi) is 2.38. The van der Waals surface area contributed by atoms with Crippen LogP contribution in [0.5, 0.6) is 0 Å². The summed E-state index contributed by atoms with van der Waals surface area (Å²) in [4.78, 5) is 2.34. The van der Waals surface area contributed by atoms with Crippen LogP contribution < -0.4 is 0 Å². The third kappa shape index (κ3) is 1.64. The van der Waals surface area contributed by atoms with Gasteiger partial charge in [0.25, 0.3) is 0 Å². The highest BCUT2D eigenvalue weighted by molar-refractivity contribution is 5.16. The molecule has 64 valence electrons. The molecule has 1 atom stereocenters. The normalized spacial score (nSPS) is 31.2. The van der Waals surface area contributed by atoms with Crippen molar-refractivity contribution in [3.63, 3.8) is 0 Å². The van der Waals surface area contributed by atoms with E-state index in [0.29, 0.717) is 5.54 Å². The van der Waals surface area contributed by atoms with Crippen LogP contribution in [0.3, 0.4) is 0 Å². The van der Waals surface area contributed by atoms with Crippen molar-refractivity contribution in [3.8, 4) is 0 Å². The lowest BCUT2D eigenvalue weighted by molar-refractivity contribution is 0.185. The molecule has 11 heavy (non-hydrogen) atoms. The van der Waals surface area contributed by atoms with Gasteiger partial charge in [0.1, 0.15) is 0 Å². The lowest BCUT2D eigenvalue weighted by Gasteiger charge is -2.32. The topological polar surface area (TPSA) is 3.24 Å². The molecule has 1 aliphatic carbocycles. The van der Waals surface area contributed by atoms with E-state index >= 15 is 0 Å². The second-order valence-corrected chi connectivity index (χ2v) is 3.99. The van der Waals surface area contributed by atoms with Crippen molar-refractivity contribution in [2.45, 2.75) is 38.6 Å². The van der Waals surface area contributed by atoms with Gasteiger partial charge in [0, 0.05) is 5.54 Å². The molecule has 1 unspecified atom stereocenters. The standard InChI is InChI=1S/C10H19N/c1-5-9-6-7-10(2,8-9)11(3)4/h6H,5,7-8H2,1-4H3. The van der Waals surface area contributed by atoms with E-state index in [-0.39, 0.29) is 0 Å². The van der Waals surface area contributed by atoms with Crippen LogP contribution in [0.15, 0.2) is 11.6 Å². The molecule has 0 fully saturated rings. The molecule has 1 nitrogen and oxygen atoms in total. The van der Waals surface area contributed by atoms with Crippen LogP contribution in [0.1, 0.15) is 33.1 Å². The predicted octanol–water partition coefficient (Wildman–Crippen LogP) is 2.44. The van der Waals surface area contributed by atoms with Gasteiger partial charge in [-0.2, -0.15) is 0 Å². The summed E-state index contributed by atoms with van der Waals surface area (Å²) in [6.45, 7) is 4.58. The third-order valence-corrected chi connectivity index (χ3v) is 2.97. The summed E-state index contributed by atoms with van der Waals surface area (Å²) in [5.74, 6) is 0. The second-order valence-electron chi connectivity index (χ2n) is 3.99. The fraction of sp³-hybridized carbons (Fsp3) is 0.800. The van der Waals surface area contributed by atoms with E-state index in [1.807, 2.05) is 0 Å². The molecule has 0 aromatic rings. The van der Waals surface area contributed by atoms with E-state index in [1.54, 1.807) is 5.57 Å². The molecule has 1 rings (SSSR count). The second kappa shape index (κ2) is 2.98. The number of hydrogen-bond acceptors (Lipinski definition) is 1. The van der Waals surface area contributed by atoms with Crippen molar-refractivity contribution >= 4 is 0 Å². The Balaban J connectivity index is 2.57. The van der Waals surface area contributed by atoms with Gasteiger partial charge in [-0.25, -0.2) is 0 Å². The summed E-state index contributed by atoms with van der Waals surface area (Å²) in [7, 11) is 4.35. The Labute approximate surface area is 70.1 Å². The number of rotatable bonds is 2. The van der Waals surface area contributed by atoms with Gasteiger partial charge in [-0.05, 0) is 40.3 Å². The smallest absolute Gasteiger partial charge is 0.0246 e. The van der Waals surface area contributed by atoms with Crippen LogP contribution in [0, 0.1) is 0 Å². The van der Waals surface area contributed by atoms with E-state index in [2.05, 4.69) is 38.9 Å². The average Bonchev–Trinajstić information content (AvgIpc) is 2.33. The van der Waals surface area contributed by atoms with Crippen LogP contribution >= 0.6 is 0 Å². The first-order valence-corrected chi connectivity index (χ1v) is 4.44. The summed E-state index contributed by atoms with van der Waals surface area (Å²) in [6, 6.07) is 0. The van der Waals surface area contributed by atoms with E-state index in [0.717, 1.165) is 0 Å². The molecule has 0 aromatic heterocycles. The Morgan fingerprint density at radius 3 is 2.45 bits per heavy atom. The molecule has 0 saturated carbocycles. The zero-order valence-corrected chi connectivity index (χ0v) is 8.15. The highest BCUT2D eigenvalue weighted by Crippen LogP contribution is 2.33. The van der Waals surface area contributed by atoms with E-state index in [4.69, 9.17) is 0 Å². The van der Waals surface area contributed by atoms with Crippen molar-refractivity contribution < 1.29 is 0 Å². The maximum Gasteiger partial charge on any atom is 0.0246 e. The van der Waals surface area contributed by atoms with E-state index in [1.165, 1.54) is 19.3 Å². The summed E-state index contributed by atoms with van der Waals surface area (Å²) in [5.41, 5.74) is 2.03. The summed E-state index contributed by atoms with van der Waals surface area (Å²) in [6.07, 6.45) is 6.11. The lowest BCUT2D eigenvalue weighted by atomic mass is 9.96. The maximum atomic E-state index is 2.40. The molecule has 0 amide bonds.